The van der Waals surface area contributed by atoms with Gasteiger partial charge in [0, 0.05) is 59.8 Å². The van der Waals surface area contributed by atoms with Crippen LogP contribution in [0.4, 0.5) is 0 Å². The highest BCUT2D eigenvalue weighted by atomic mass is 32.2. The Morgan fingerprint density at radius 3 is 1.78 bits per heavy atom. The number of para-hydroxylation sites is 6. The van der Waals surface area contributed by atoms with Crippen molar-refractivity contribution in [3.8, 4) is 28.2 Å². The zero-order valence-corrected chi connectivity index (χ0v) is 32.3. The van der Waals surface area contributed by atoms with Crippen molar-refractivity contribution in [3.63, 3.8) is 0 Å². The lowest BCUT2D eigenvalue weighted by molar-refractivity contribution is 0.817. The predicted molar refractivity (Wildman–Crippen MR) is 244 cm³/mol. The lowest BCUT2D eigenvalue weighted by Crippen LogP contribution is -2.08. The average Bonchev–Trinajstić information content (AvgIpc) is 4.03. The highest BCUT2D eigenvalue weighted by molar-refractivity contribution is 8.00. The van der Waals surface area contributed by atoms with Crippen LogP contribution in [-0.4, -0.2) is 13.7 Å². The van der Waals surface area contributed by atoms with Crippen LogP contribution in [0, 0.1) is 0 Å². The maximum absolute atomic E-state index is 2.53. The van der Waals surface area contributed by atoms with Gasteiger partial charge in [-0.2, -0.15) is 0 Å². The Hall–Kier alpha value is -7.01. The second-order valence-electron chi connectivity index (χ2n) is 15.5. The fourth-order valence-corrected chi connectivity index (χ4v) is 11.8. The first-order valence-electron chi connectivity index (χ1n) is 20.1. The summed E-state index contributed by atoms with van der Waals surface area (Å²) in [7, 11) is 0. The summed E-state index contributed by atoms with van der Waals surface area (Å²) in [5.41, 5.74) is 16.1. The van der Waals surface area contributed by atoms with E-state index in [4.69, 9.17) is 0 Å². The Morgan fingerprint density at radius 1 is 0.414 bits per heavy atom. The van der Waals surface area contributed by atoms with Crippen LogP contribution in [0.1, 0.15) is 28.0 Å². The molecule has 1 aliphatic heterocycles. The number of thioether (sulfide) groups is 1. The number of nitrogens with zero attached hydrogens (tertiary/aromatic N) is 3. The van der Waals surface area contributed by atoms with Gasteiger partial charge in [0.2, 0.25) is 0 Å². The predicted octanol–water partition coefficient (Wildman–Crippen LogP) is 14.4. The number of hydrogen-bond donors (Lipinski definition) is 0. The van der Waals surface area contributed by atoms with Gasteiger partial charge in [0.1, 0.15) is 0 Å². The van der Waals surface area contributed by atoms with Crippen molar-refractivity contribution in [2.24, 2.45) is 0 Å². The molecule has 0 bridgehead atoms. The van der Waals surface area contributed by atoms with E-state index in [1.54, 1.807) is 0 Å². The van der Waals surface area contributed by atoms with E-state index >= 15 is 0 Å². The molecular weight excluding hydrogens is 723 g/mol. The van der Waals surface area contributed by atoms with Crippen LogP contribution in [0.25, 0.3) is 88.8 Å². The molecule has 0 saturated carbocycles. The van der Waals surface area contributed by atoms with Gasteiger partial charge in [-0.1, -0.05) is 140 Å². The minimum Gasteiger partial charge on any atom is -0.309 e. The third kappa shape index (κ3) is 4.35. The normalized spacial score (nSPS) is 15.8. The van der Waals surface area contributed by atoms with Gasteiger partial charge >= 0.3 is 0 Å². The molecule has 2 aliphatic rings. The number of allylic oxidation sites excluding steroid dienone is 1. The van der Waals surface area contributed by atoms with Crippen molar-refractivity contribution >= 4 is 72.4 Å². The summed E-state index contributed by atoms with van der Waals surface area (Å²) in [4.78, 5) is 1.40. The van der Waals surface area contributed by atoms with Crippen molar-refractivity contribution < 1.29 is 0 Å². The van der Waals surface area contributed by atoms with Gasteiger partial charge in [-0.3, -0.25) is 0 Å². The average molecular weight is 758 g/mol. The topological polar surface area (TPSA) is 14.8 Å². The van der Waals surface area contributed by atoms with E-state index < -0.39 is 0 Å². The number of rotatable bonds is 4. The first-order valence-corrected chi connectivity index (χ1v) is 21.0. The van der Waals surface area contributed by atoms with Crippen LogP contribution < -0.4 is 0 Å². The SMILES string of the molecule is C1=CC2c3ccccc3SC2c2c1n(-c1ccccc1-c1ccccc1-n1c3ccccc3c3c1ccc1c4ccccc4n(-c4ccccc4)c13)c1ccccc21. The number of fused-ring (bicyclic) bond motifs is 14. The number of hydrogen-bond acceptors (Lipinski definition) is 1. The van der Waals surface area contributed by atoms with Crippen LogP contribution in [0.3, 0.4) is 0 Å². The fraction of sp³-hybridized carbons (Fsp3) is 0.0370. The van der Waals surface area contributed by atoms with Gasteiger partial charge in [-0.15, -0.1) is 11.8 Å². The van der Waals surface area contributed by atoms with Crippen LogP contribution in [0.15, 0.2) is 199 Å². The van der Waals surface area contributed by atoms with E-state index in [2.05, 4.69) is 214 Å². The molecule has 58 heavy (non-hydrogen) atoms. The molecule has 0 radical (unpaired) electrons. The summed E-state index contributed by atoms with van der Waals surface area (Å²) in [6.07, 6.45) is 4.84. The van der Waals surface area contributed by atoms with Crippen molar-refractivity contribution in [2.45, 2.75) is 16.1 Å². The van der Waals surface area contributed by atoms with Crippen molar-refractivity contribution in [1.29, 1.82) is 0 Å². The molecule has 2 atom stereocenters. The van der Waals surface area contributed by atoms with Crippen LogP contribution in [0.5, 0.6) is 0 Å². The monoisotopic (exact) mass is 757 g/mol. The minimum absolute atomic E-state index is 0.337. The second-order valence-corrected chi connectivity index (χ2v) is 16.7. The Kier molecular flexibility index (Phi) is 6.78. The summed E-state index contributed by atoms with van der Waals surface area (Å²) >= 11 is 2.02. The lowest BCUT2D eigenvalue weighted by Gasteiger charge is -2.23. The number of benzene rings is 8. The zero-order valence-electron chi connectivity index (χ0n) is 31.5. The molecule has 272 valence electrons. The van der Waals surface area contributed by atoms with Crippen LogP contribution in [0.2, 0.25) is 0 Å². The molecule has 4 heterocycles. The molecular formula is C54H35N3S. The Morgan fingerprint density at radius 2 is 1.00 bits per heavy atom. The van der Waals surface area contributed by atoms with Gasteiger partial charge < -0.3 is 13.7 Å². The molecule has 8 aromatic carbocycles. The fourth-order valence-electron chi connectivity index (χ4n) is 10.3. The van der Waals surface area contributed by atoms with Crippen molar-refractivity contribution in [3.05, 3.63) is 211 Å². The molecule has 4 heteroatoms. The van der Waals surface area contributed by atoms with Gasteiger partial charge in [-0.05, 0) is 71.8 Å². The molecule has 0 fully saturated rings. The maximum atomic E-state index is 2.53. The zero-order chi connectivity index (χ0) is 37.9. The van der Waals surface area contributed by atoms with E-state index in [9.17, 15) is 0 Å². The van der Waals surface area contributed by atoms with Gasteiger partial charge in [0.25, 0.3) is 0 Å². The van der Waals surface area contributed by atoms with Crippen LogP contribution >= 0.6 is 11.8 Å². The standard InChI is InChI=1S/C54H35N3S/c1-2-16-34(17-3-1)55-43-24-10-6-20-37(43)39-30-32-48-51(53(39)55)41-22-7-13-27-46(41)56(48)44-25-11-4-18-35(44)36-19-5-12-26-45(36)57-47-28-14-8-23-42(47)52-49(57)33-31-40-38-21-9-15-29-50(38)58-54(40)52/h1-33,40,54H. The Labute approximate surface area is 339 Å². The molecule has 0 amide bonds. The van der Waals surface area contributed by atoms with E-state index in [1.807, 2.05) is 11.8 Å². The van der Waals surface area contributed by atoms with Crippen molar-refractivity contribution in [2.75, 3.05) is 0 Å². The van der Waals surface area contributed by atoms with E-state index in [0.717, 1.165) is 11.4 Å². The lowest BCUT2D eigenvalue weighted by atomic mass is 9.86. The maximum Gasteiger partial charge on any atom is 0.0641 e. The highest BCUT2D eigenvalue weighted by Crippen LogP contribution is 2.59. The van der Waals surface area contributed by atoms with E-state index in [1.165, 1.54) is 93.0 Å². The minimum atomic E-state index is 0.337. The molecule has 0 N–H and O–H groups in total. The third-order valence-electron chi connectivity index (χ3n) is 12.6. The molecule has 2 unspecified atom stereocenters. The first-order chi connectivity index (χ1) is 28.8. The molecule has 3 aromatic heterocycles. The molecule has 3 nitrogen and oxygen atoms in total. The van der Waals surface area contributed by atoms with E-state index in [0.29, 0.717) is 11.2 Å². The molecule has 1 aliphatic carbocycles. The highest BCUT2D eigenvalue weighted by Gasteiger charge is 2.39. The molecule has 13 rings (SSSR count). The largest absolute Gasteiger partial charge is 0.309 e. The summed E-state index contributed by atoms with van der Waals surface area (Å²) in [5, 5.41) is 6.70. The van der Waals surface area contributed by atoms with Gasteiger partial charge in [-0.25, -0.2) is 0 Å². The summed E-state index contributed by atoms with van der Waals surface area (Å²) in [5.74, 6) is 0.367. The smallest absolute Gasteiger partial charge is 0.0641 e. The summed E-state index contributed by atoms with van der Waals surface area (Å²) in [6.45, 7) is 0. The van der Waals surface area contributed by atoms with Gasteiger partial charge in [0.05, 0.1) is 44.7 Å². The third-order valence-corrected chi connectivity index (χ3v) is 14.0. The molecule has 11 aromatic rings. The van der Waals surface area contributed by atoms with Crippen molar-refractivity contribution in [1.82, 2.24) is 13.7 Å². The quantitative estimate of drug-likeness (QED) is 0.174. The second kappa shape index (κ2) is 12.2. The van der Waals surface area contributed by atoms with E-state index in [-0.39, 0.29) is 0 Å². The summed E-state index contributed by atoms with van der Waals surface area (Å²) in [6, 6.07) is 69.2. The van der Waals surface area contributed by atoms with Gasteiger partial charge in [0.15, 0.2) is 0 Å². The Balaban J connectivity index is 1.08. The molecule has 0 saturated heterocycles. The first kappa shape index (κ1) is 32.1. The Bertz CT molecular complexity index is 3510. The summed E-state index contributed by atoms with van der Waals surface area (Å²) < 4.78 is 7.49. The number of aromatic nitrogens is 3. The van der Waals surface area contributed by atoms with Crippen LogP contribution in [-0.2, 0) is 0 Å². The molecule has 0 spiro atoms.